The highest BCUT2D eigenvalue weighted by atomic mass is 32.2. The lowest BCUT2D eigenvalue weighted by Crippen LogP contribution is -2.29. The number of nitrogens with zero attached hydrogens (tertiary/aromatic N) is 1. The highest BCUT2D eigenvalue weighted by molar-refractivity contribution is 7.91. The van der Waals surface area contributed by atoms with Gasteiger partial charge in [0.15, 0.2) is 5.13 Å². The fraction of sp³-hybridized carbons (Fsp3) is 0.231. The van der Waals surface area contributed by atoms with Crippen molar-refractivity contribution >= 4 is 21.4 Å². The van der Waals surface area contributed by atoms with Gasteiger partial charge in [-0.3, -0.25) is 0 Å². The molecule has 0 saturated carbocycles. The van der Waals surface area contributed by atoms with Crippen molar-refractivity contribution in [3.05, 3.63) is 52.9 Å². The summed E-state index contributed by atoms with van der Waals surface area (Å²) in [6, 6.07) is 7.48. The third-order valence-corrected chi connectivity index (χ3v) is 6.35. The molecule has 0 N–H and O–H groups in total. The standard InChI is InChI=1S/C13H13F2NO2S2/c1-9(10-3-5-11(14)6-4-10)16(2)20(17,18)13-8-7-12(15)19-13/h3-9H,1-2H3/t9-/m1/s1. The van der Waals surface area contributed by atoms with Crippen LogP contribution in [-0.4, -0.2) is 19.8 Å². The van der Waals surface area contributed by atoms with Crippen LogP contribution in [0.15, 0.2) is 40.6 Å². The first-order chi connectivity index (χ1) is 9.32. The van der Waals surface area contributed by atoms with Gasteiger partial charge in [-0.25, -0.2) is 12.8 Å². The molecule has 0 spiro atoms. The topological polar surface area (TPSA) is 37.4 Å². The first kappa shape index (κ1) is 15.1. The monoisotopic (exact) mass is 317 g/mol. The molecule has 2 rings (SSSR count). The zero-order chi connectivity index (χ0) is 14.9. The van der Waals surface area contributed by atoms with Crippen molar-refractivity contribution in [1.29, 1.82) is 0 Å². The Balaban J connectivity index is 2.30. The quantitative estimate of drug-likeness (QED) is 0.866. The number of hydrogen-bond donors (Lipinski definition) is 0. The normalized spacial score (nSPS) is 13.7. The van der Waals surface area contributed by atoms with Crippen LogP contribution in [0.4, 0.5) is 8.78 Å². The van der Waals surface area contributed by atoms with E-state index in [1.165, 1.54) is 37.4 Å². The van der Waals surface area contributed by atoms with E-state index >= 15 is 0 Å². The third kappa shape index (κ3) is 2.89. The van der Waals surface area contributed by atoms with Gasteiger partial charge in [-0.15, -0.1) is 0 Å². The van der Waals surface area contributed by atoms with Crippen LogP contribution in [0.3, 0.4) is 0 Å². The molecule has 0 aliphatic heterocycles. The molecule has 108 valence electrons. The van der Waals surface area contributed by atoms with Crippen molar-refractivity contribution in [1.82, 2.24) is 4.31 Å². The van der Waals surface area contributed by atoms with Crippen molar-refractivity contribution < 1.29 is 17.2 Å². The van der Waals surface area contributed by atoms with E-state index in [0.29, 0.717) is 16.9 Å². The zero-order valence-electron chi connectivity index (χ0n) is 10.9. The van der Waals surface area contributed by atoms with E-state index in [-0.39, 0.29) is 10.0 Å². The predicted molar refractivity (Wildman–Crippen MR) is 74.0 cm³/mol. The van der Waals surface area contributed by atoms with Gasteiger partial charge in [-0.2, -0.15) is 8.70 Å². The van der Waals surface area contributed by atoms with E-state index in [1.54, 1.807) is 6.92 Å². The molecule has 2 aromatic rings. The lowest BCUT2D eigenvalue weighted by molar-refractivity contribution is 0.399. The summed E-state index contributed by atoms with van der Waals surface area (Å²) >= 11 is 0.582. The van der Waals surface area contributed by atoms with Gasteiger partial charge in [0.2, 0.25) is 0 Å². The summed E-state index contributed by atoms with van der Waals surface area (Å²) < 4.78 is 51.6. The van der Waals surface area contributed by atoms with E-state index < -0.39 is 21.2 Å². The summed E-state index contributed by atoms with van der Waals surface area (Å²) in [6.07, 6.45) is 0. The molecule has 0 bridgehead atoms. The zero-order valence-corrected chi connectivity index (χ0v) is 12.5. The van der Waals surface area contributed by atoms with Crippen LogP contribution in [0.25, 0.3) is 0 Å². The Hall–Kier alpha value is -1.31. The van der Waals surface area contributed by atoms with Crippen LogP contribution in [0.1, 0.15) is 18.5 Å². The average molecular weight is 317 g/mol. The number of thiophene rings is 1. The molecule has 1 aromatic carbocycles. The molecular weight excluding hydrogens is 304 g/mol. The molecule has 1 aromatic heterocycles. The van der Waals surface area contributed by atoms with Gasteiger partial charge in [-0.1, -0.05) is 23.5 Å². The largest absolute Gasteiger partial charge is 0.252 e. The summed E-state index contributed by atoms with van der Waals surface area (Å²) in [7, 11) is -2.34. The van der Waals surface area contributed by atoms with Gasteiger partial charge >= 0.3 is 0 Å². The Kier molecular flexibility index (Phi) is 4.22. The van der Waals surface area contributed by atoms with Crippen LogP contribution in [0.5, 0.6) is 0 Å². The number of halogens is 2. The number of hydrogen-bond acceptors (Lipinski definition) is 3. The number of benzene rings is 1. The Morgan fingerprint density at radius 2 is 1.70 bits per heavy atom. The molecule has 7 heteroatoms. The van der Waals surface area contributed by atoms with Gasteiger partial charge in [0.05, 0.1) is 0 Å². The van der Waals surface area contributed by atoms with Gasteiger partial charge in [0, 0.05) is 13.1 Å². The summed E-state index contributed by atoms with van der Waals surface area (Å²) in [6.45, 7) is 1.69. The molecule has 1 atom stereocenters. The maximum Gasteiger partial charge on any atom is 0.252 e. The molecule has 0 aliphatic carbocycles. The van der Waals surface area contributed by atoms with E-state index in [0.717, 1.165) is 10.4 Å². The molecule has 0 amide bonds. The molecular formula is C13H13F2NO2S2. The van der Waals surface area contributed by atoms with Gasteiger partial charge < -0.3 is 0 Å². The second-order valence-electron chi connectivity index (χ2n) is 4.31. The summed E-state index contributed by atoms with van der Waals surface area (Å²) in [4.78, 5) is 0. The highest BCUT2D eigenvalue weighted by Gasteiger charge is 2.27. The smallest absolute Gasteiger partial charge is 0.207 e. The molecule has 1 heterocycles. The van der Waals surface area contributed by atoms with E-state index in [9.17, 15) is 17.2 Å². The maximum absolute atomic E-state index is 13.0. The van der Waals surface area contributed by atoms with Crippen LogP contribution >= 0.6 is 11.3 Å². The second-order valence-corrected chi connectivity index (χ2v) is 7.57. The maximum atomic E-state index is 13.0. The van der Waals surface area contributed by atoms with E-state index in [1.807, 2.05) is 0 Å². The SMILES string of the molecule is C[C@H](c1ccc(F)cc1)N(C)S(=O)(=O)c1ccc(F)s1. The van der Waals surface area contributed by atoms with Crippen molar-refractivity contribution in [2.45, 2.75) is 17.2 Å². The van der Waals surface area contributed by atoms with Gasteiger partial charge in [-0.05, 0) is 36.8 Å². The highest BCUT2D eigenvalue weighted by Crippen LogP contribution is 2.29. The molecule has 0 radical (unpaired) electrons. The molecule has 0 unspecified atom stereocenters. The molecule has 0 fully saturated rings. The first-order valence-corrected chi connectivity index (χ1v) is 8.07. The van der Waals surface area contributed by atoms with Gasteiger partial charge in [0.25, 0.3) is 10.0 Å². The van der Waals surface area contributed by atoms with Crippen LogP contribution < -0.4 is 0 Å². The number of rotatable bonds is 4. The van der Waals surface area contributed by atoms with E-state index in [2.05, 4.69) is 0 Å². The fourth-order valence-corrected chi connectivity index (χ4v) is 4.28. The average Bonchev–Trinajstić information content (AvgIpc) is 2.85. The minimum Gasteiger partial charge on any atom is -0.207 e. The van der Waals surface area contributed by atoms with Crippen LogP contribution in [0, 0.1) is 10.9 Å². The Labute approximate surface area is 120 Å². The lowest BCUT2D eigenvalue weighted by Gasteiger charge is -2.23. The Morgan fingerprint density at radius 3 is 2.20 bits per heavy atom. The van der Waals surface area contributed by atoms with Gasteiger partial charge in [0.1, 0.15) is 10.0 Å². The minimum atomic E-state index is -3.76. The van der Waals surface area contributed by atoms with E-state index in [4.69, 9.17) is 0 Å². The first-order valence-electron chi connectivity index (χ1n) is 5.81. The minimum absolute atomic E-state index is 0.0496. The van der Waals surface area contributed by atoms with Crippen molar-refractivity contribution in [3.8, 4) is 0 Å². The second kappa shape index (κ2) is 5.59. The molecule has 20 heavy (non-hydrogen) atoms. The van der Waals surface area contributed by atoms with Crippen LogP contribution in [0.2, 0.25) is 0 Å². The summed E-state index contributed by atoms with van der Waals surface area (Å²) in [5.74, 6) is -0.383. The van der Waals surface area contributed by atoms with Crippen LogP contribution in [-0.2, 0) is 10.0 Å². The molecule has 0 saturated heterocycles. The fourth-order valence-electron chi connectivity index (χ4n) is 1.74. The number of sulfonamides is 1. The Morgan fingerprint density at radius 1 is 1.10 bits per heavy atom. The lowest BCUT2D eigenvalue weighted by atomic mass is 10.1. The predicted octanol–water partition coefficient (Wildman–Crippen LogP) is 3.41. The third-order valence-electron chi connectivity index (χ3n) is 3.08. The molecule has 0 aliphatic rings. The van der Waals surface area contributed by atoms with Crippen molar-refractivity contribution in [2.24, 2.45) is 0 Å². The molecule has 3 nitrogen and oxygen atoms in total. The van der Waals surface area contributed by atoms with Crippen molar-refractivity contribution in [3.63, 3.8) is 0 Å². The Bertz CT molecular complexity index is 695. The van der Waals surface area contributed by atoms with Crippen molar-refractivity contribution in [2.75, 3.05) is 7.05 Å². The summed E-state index contributed by atoms with van der Waals surface area (Å²) in [5.41, 5.74) is 0.662. The summed E-state index contributed by atoms with van der Waals surface area (Å²) in [5, 5.41) is -0.550.